The van der Waals surface area contributed by atoms with Crippen molar-refractivity contribution in [3.8, 4) is 11.8 Å². The number of rotatable bonds is 15. The molecule has 142 valence electrons. The van der Waals surface area contributed by atoms with Crippen LogP contribution in [0.2, 0.25) is 0 Å². The Bertz CT molecular complexity index is 450. The van der Waals surface area contributed by atoms with E-state index in [1.807, 2.05) is 0 Å². The third-order valence-corrected chi connectivity index (χ3v) is 4.44. The molecule has 5 nitrogen and oxygen atoms in total. The zero-order chi connectivity index (χ0) is 18.0. The lowest BCUT2D eigenvalue weighted by Crippen LogP contribution is -2.01. The van der Waals surface area contributed by atoms with Crippen molar-refractivity contribution >= 4 is 0 Å². The average Bonchev–Trinajstić information content (AvgIpc) is 3.13. The Morgan fingerprint density at radius 1 is 0.920 bits per heavy atom. The minimum absolute atomic E-state index is 0.410. The molecule has 25 heavy (non-hydrogen) atoms. The Labute approximate surface area is 153 Å². The molecule has 1 atom stereocenters. The van der Waals surface area contributed by atoms with E-state index in [1.165, 1.54) is 57.8 Å². The van der Waals surface area contributed by atoms with Crippen LogP contribution in [0.4, 0.5) is 0 Å². The quantitative estimate of drug-likeness (QED) is 0.359. The van der Waals surface area contributed by atoms with Gasteiger partial charge in [-0.25, -0.2) is 0 Å². The molecule has 1 rings (SSSR count). The first-order valence-corrected chi connectivity index (χ1v) is 10.2. The van der Waals surface area contributed by atoms with E-state index in [9.17, 15) is 5.11 Å². The van der Waals surface area contributed by atoms with Gasteiger partial charge in [-0.2, -0.15) is 5.21 Å². The average molecular weight is 349 g/mol. The second kappa shape index (κ2) is 16.1. The second-order valence-corrected chi connectivity index (χ2v) is 6.84. The fraction of sp³-hybridized carbons (Fsp3) is 0.850. The molecule has 0 aliphatic rings. The summed E-state index contributed by atoms with van der Waals surface area (Å²) in [5.41, 5.74) is 0. The smallest absolute Gasteiger partial charge is 0.174 e. The number of hydrogen-bond donors (Lipinski definition) is 2. The molecular weight excluding hydrogens is 312 g/mol. The lowest BCUT2D eigenvalue weighted by Gasteiger charge is -2.02. The molecule has 2 N–H and O–H groups in total. The van der Waals surface area contributed by atoms with Crippen molar-refractivity contribution < 1.29 is 5.11 Å². The molecule has 0 aromatic carbocycles. The topological polar surface area (TPSA) is 74.7 Å². The number of hydrogen-bond acceptors (Lipinski definition) is 4. The number of H-pyrrole nitrogens is 1. The van der Waals surface area contributed by atoms with Gasteiger partial charge in [0.1, 0.15) is 6.10 Å². The zero-order valence-corrected chi connectivity index (χ0v) is 16.0. The van der Waals surface area contributed by atoms with Gasteiger partial charge in [0.15, 0.2) is 5.82 Å². The second-order valence-electron chi connectivity index (χ2n) is 6.84. The van der Waals surface area contributed by atoms with E-state index in [0.717, 1.165) is 44.3 Å². The van der Waals surface area contributed by atoms with Crippen molar-refractivity contribution in [2.24, 2.45) is 0 Å². The summed E-state index contributed by atoms with van der Waals surface area (Å²) in [6, 6.07) is 0. The number of nitrogens with one attached hydrogen (secondary N) is 1. The van der Waals surface area contributed by atoms with Gasteiger partial charge in [-0.1, -0.05) is 82.3 Å². The Kier molecular flexibility index (Phi) is 13.9. The maximum atomic E-state index is 9.62. The normalized spacial score (nSPS) is 11.9. The fourth-order valence-electron chi connectivity index (χ4n) is 2.86. The molecular formula is C20H36N4O. The summed E-state index contributed by atoms with van der Waals surface area (Å²) in [5, 5.41) is 23.6. The summed E-state index contributed by atoms with van der Waals surface area (Å²) in [6.45, 7) is 2.14. The Balaban J connectivity index is 1.76. The highest BCUT2D eigenvalue weighted by molar-refractivity contribution is 5.04. The van der Waals surface area contributed by atoms with Gasteiger partial charge in [0, 0.05) is 12.8 Å². The molecule has 1 heterocycles. The summed E-state index contributed by atoms with van der Waals surface area (Å²) in [5.74, 6) is 6.91. The lowest BCUT2D eigenvalue weighted by molar-refractivity contribution is 0.218. The minimum atomic E-state index is -0.410. The Morgan fingerprint density at radius 3 is 2.16 bits per heavy atom. The van der Waals surface area contributed by atoms with Crippen LogP contribution in [0.5, 0.6) is 0 Å². The number of nitrogens with zero attached hydrogens (tertiary/aromatic N) is 3. The summed E-state index contributed by atoms with van der Waals surface area (Å²) >= 11 is 0. The lowest BCUT2D eigenvalue weighted by atomic mass is 10.0. The maximum Gasteiger partial charge on any atom is 0.174 e. The minimum Gasteiger partial charge on any atom is -0.380 e. The number of unbranched alkanes of at least 4 members (excludes halogenated alkanes) is 11. The fourth-order valence-corrected chi connectivity index (χ4v) is 2.86. The number of aryl methyl sites for hydroxylation is 1. The highest BCUT2D eigenvalue weighted by atomic mass is 16.3. The third kappa shape index (κ3) is 13.5. The van der Waals surface area contributed by atoms with E-state index in [-0.39, 0.29) is 0 Å². The molecule has 0 amide bonds. The predicted molar refractivity (Wildman–Crippen MR) is 102 cm³/mol. The summed E-state index contributed by atoms with van der Waals surface area (Å²) in [7, 11) is 0. The molecule has 1 aromatic heterocycles. The molecule has 0 saturated carbocycles. The van der Waals surface area contributed by atoms with Gasteiger partial charge < -0.3 is 5.11 Å². The summed E-state index contributed by atoms with van der Waals surface area (Å²) < 4.78 is 0. The number of aliphatic hydroxyl groups excluding tert-OH is 1. The molecule has 0 unspecified atom stereocenters. The van der Waals surface area contributed by atoms with Gasteiger partial charge in [-0.15, -0.1) is 16.1 Å². The van der Waals surface area contributed by atoms with Crippen LogP contribution in [-0.2, 0) is 6.42 Å². The van der Waals surface area contributed by atoms with Gasteiger partial charge in [-0.3, -0.25) is 0 Å². The molecule has 0 bridgehead atoms. The molecule has 0 radical (unpaired) electrons. The summed E-state index contributed by atoms with van der Waals surface area (Å²) in [6.07, 6.45) is 17.4. The van der Waals surface area contributed by atoms with Gasteiger partial charge in [0.05, 0.1) is 0 Å². The van der Waals surface area contributed by atoms with Crippen LogP contribution in [0.3, 0.4) is 0 Å². The van der Waals surface area contributed by atoms with Crippen LogP contribution in [0.25, 0.3) is 0 Å². The Morgan fingerprint density at radius 2 is 1.56 bits per heavy atom. The van der Waals surface area contributed by atoms with E-state index in [2.05, 4.69) is 39.4 Å². The molecule has 0 aliphatic heterocycles. The Hall–Kier alpha value is -1.41. The highest BCUT2D eigenvalue weighted by Crippen LogP contribution is 2.12. The maximum absolute atomic E-state index is 9.62. The van der Waals surface area contributed by atoms with Gasteiger partial charge in [0.25, 0.3) is 0 Å². The first-order chi connectivity index (χ1) is 12.3. The van der Waals surface area contributed by atoms with Crippen molar-refractivity contribution in [2.75, 3.05) is 0 Å². The first kappa shape index (κ1) is 21.6. The van der Waals surface area contributed by atoms with Gasteiger partial charge >= 0.3 is 0 Å². The number of tetrazole rings is 1. The van der Waals surface area contributed by atoms with Crippen LogP contribution >= 0.6 is 0 Å². The van der Waals surface area contributed by atoms with Crippen LogP contribution in [0.15, 0.2) is 0 Å². The zero-order valence-electron chi connectivity index (χ0n) is 16.0. The molecule has 1 aromatic rings. The molecule has 0 fully saturated rings. The van der Waals surface area contributed by atoms with Crippen LogP contribution in [0, 0.1) is 11.8 Å². The predicted octanol–water partition coefficient (Wildman–Crippen LogP) is 4.59. The van der Waals surface area contributed by atoms with Crippen LogP contribution in [0.1, 0.15) is 103 Å². The molecule has 0 spiro atoms. The van der Waals surface area contributed by atoms with E-state index in [1.54, 1.807) is 0 Å². The third-order valence-electron chi connectivity index (χ3n) is 4.44. The SMILES string of the molecule is CCCC[C@@H](O)C#CCCCCCCCCCCCCc1nn[nH]n1. The number of aromatic nitrogens is 4. The van der Waals surface area contributed by atoms with E-state index < -0.39 is 6.10 Å². The molecule has 0 aliphatic carbocycles. The summed E-state index contributed by atoms with van der Waals surface area (Å²) in [4.78, 5) is 0. The van der Waals surface area contributed by atoms with Crippen molar-refractivity contribution in [3.05, 3.63) is 5.82 Å². The van der Waals surface area contributed by atoms with Crippen molar-refractivity contribution in [2.45, 2.75) is 109 Å². The monoisotopic (exact) mass is 348 g/mol. The van der Waals surface area contributed by atoms with E-state index in [0.29, 0.717) is 0 Å². The van der Waals surface area contributed by atoms with Crippen LogP contribution in [-0.4, -0.2) is 31.8 Å². The number of aromatic amines is 1. The van der Waals surface area contributed by atoms with Gasteiger partial charge in [0.2, 0.25) is 0 Å². The van der Waals surface area contributed by atoms with Crippen LogP contribution < -0.4 is 0 Å². The largest absolute Gasteiger partial charge is 0.380 e. The molecule has 0 saturated heterocycles. The van der Waals surface area contributed by atoms with Crippen molar-refractivity contribution in [1.29, 1.82) is 0 Å². The van der Waals surface area contributed by atoms with Crippen molar-refractivity contribution in [1.82, 2.24) is 20.6 Å². The number of aliphatic hydroxyl groups is 1. The van der Waals surface area contributed by atoms with Gasteiger partial charge in [-0.05, 0) is 19.3 Å². The van der Waals surface area contributed by atoms with Crippen molar-refractivity contribution in [3.63, 3.8) is 0 Å². The molecule has 5 heteroatoms. The van der Waals surface area contributed by atoms with E-state index in [4.69, 9.17) is 0 Å². The first-order valence-electron chi connectivity index (χ1n) is 10.2. The van der Waals surface area contributed by atoms with E-state index >= 15 is 0 Å². The standard InChI is InChI=1S/C20H36N4O/c1-2-3-16-19(25)17-14-12-10-8-6-4-5-7-9-11-13-15-18-20-21-23-24-22-20/h19,25H,2-13,15-16,18H2,1H3,(H,21,22,23,24)/t19-/m1/s1. The highest BCUT2D eigenvalue weighted by Gasteiger charge is 1.98.